The molecule has 0 radical (unpaired) electrons. The van der Waals surface area contributed by atoms with Gasteiger partial charge in [0.25, 0.3) is 0 Å². The Balaban J connectivity index is 1.04. The maximum Gasteiger partial charge on any atom is 0.100 e. The largest absolute Gasteiger partial charge is 0.309 e. The van der Waals surface area contributed by atoms with E-state index in [1.807, 2.05) is 79.0 Å². The molecule has 18 aromatic rings. The third-order valence-electron chi connectivity index (χ3n) is 21.1. The van der Waals surface area contributed by atoms with Gasteiger partial charge in [0, 0.05) is 106 Å². The third-order valence-corrected chi connectivity index (χ3v) is 21.1. The minimum atomic E-state index is -0.0897. The second-order valence-electron chi connectivity index (χ2n) is 29.1. The summed E-state index contributed by atoms with van der Waals surface area (Å²) >= 11 is 0. The van der Waals surface area contributed by atoms with Gasteiger partial charge in [-0.3, -0.25) is 4.98 Å². The lowest BCUT2D eigenvalue weighted by molar-refractivity contribution is 0.590. The van der Waals surface area contributed by atoms with Gasteiger partial charge in [-0.05, 0) is 167 Å². The average molecular weight is 1330 g/mol. The molecule has 490 valence electrons. The molecule has 0 aliphatic rings. The van der Waals surface area contributed by atoms with Crippen LogP contribution in [0.2, 0.25) is 0 Å². The molecule has 0 bridgehead atoms. The zero-order valence-electron chi connectivity index (χ0n) is 58.2. The number of aromatic nitrogens is 5. The van der Waals surface area contributed by atoms with Crippen molar-refractivity contribution in [3.63, 3.8) is 0 Å². The van der Waals surface area contributed by atoms with Gasteiger partial charge in [0.1, 0.15) is 6.07 Å². The van der Waals surface area contributed by atoms with Crippen molar-refractivity contribution in [2.45, 2.75) is 52.4 Å². The number of hydrogen-bond donors (Lipinski definition) is 0. The maximum absolute atomic E-state index is 13.2. The number of rotatable bonds is 9. The van der Waals surface area contributed by atoms with Crippen LogP contribution < -0.4 is 0 Å². The van der Waals surface area contributed by atoms with Crippen LogP contribution in [0.3, 0.4) is 0 Å². The first-order valence-corrected chi connectivity index (χ1v) is 35.1. The highest BCUT2D eigenvalue weighted by Gasteiger charge is 2.34. The van der Waals surface area contributed by atoms with Gasteiger partial charge in [0.2, 0.25) is 0 Å². The summed E-state index contributed by atoms with van der Waals surface area (Å²) < 4.78 is 9.31. The highest BCUT2D eigenvalue weighted by Crippen LogP contribution is 2.57. The molecule has 104 heavy (non-hydrogen) atoms. The molecule has 0 fully saturated rings. The predicted molar refractivity (Wildman–Crippen MR) is 425 cm³/mol. The Morgan fingerprint density at radius 2 is 0.625 bits per heavy atom. The predicted octanol–water partition coefficient (Wildman–Crippen LogP) is 23.9. The molecule has 0 N–H and O–H groups in total. The minimum absolute atomic E-state index is 0.0897. The Labute approximate surface area is 601 Å². The zero-order valence-corrected chi connectivity index (χ0v) is 58.2. The molecule has 5 aromatic heterocycles. The van der Waals surface area contributed by atoms with Gasteiger partial charge >= 0.3 is 0 Å². The van der Waals surface area contributed by atoms with E-state index >= 15 is 0 Å². The molecule has 0 unspecified atom stereocenters. The lowest BCUT2D eigenvalue weighted by Gasteiger charge is -2.29. The summed E-state index contributed by atoms with van der Waals surface area (Å²) in [6.07, 6.45) is 3.73. The number of para-hydroxylation sites is 6. The Morgan fingerprint density at radius 3 is 1.02 bits per heavy atom. The lowest BCUT2D eigenvalue weighted by Crippen LogP contribution is -2.10. The van der Waals surface area contributed by atoms with Gasteiger partial charge in [-0.25, -0.2) is 0 Å². The van der Waals surface area contributed by atoms with Crippen molar-refractivity contribution in [1.29, 1.82) is 21.0 Å². The van der Waals surface area contributed by atoms with Crippen LogP contribution in [-0.2, 0) is 10.8 Å². The SMILES string of the molecule is CC(C)(C)c1ccc2c(c1)c1cc(C(C)(C)C)ccc1n2-c1ccc(-c2c(-c3cccnc3)c(-c3ccccc3-n3c4ccccc4c4cc(C#N)ccc43)c(C#N)c(-c3ccccc3-n3c4ccccc4c4cc(C#N)ccc43)c2-c2ccccc2-n2c3ccccc3c3cc(C#N)ccc32)cc1. The molecule has 0 aliphatic carbocycles. The molecular formula is C95H65N9. The van der Waals surface area contributed by atoms with Crippen molar-refractivity contribution >= 4 is 87.2 Å². The van der Waals surface area contributed by atoms with Crippen LogP contribution in [0, 0.1) is 45.3 Å². The molecule has 9 heteroatoms. The van der Waals surface area contributed by atoms with E-state index in [4.69, 9.17) is 4.98 Å². The Hall–Kier alpha value is -13.8. The molecular weight excluding hydrogens is 1270 g/mol. The van der Waals surface area contributed by atoms with Gasteiger partial charge in [0.05, 0.1) is 102 Å². The number of nitrogens with zero attached hydrogens (tertiary/aromatic N) is 9. The number of hydrogen-bond acceptors (Lipinski definition) is 5. The molecule has 0 spiro atoms. The Kier molecular flexibility index (Phi) is 14.4. The van der Waals surface area contributed by atoms with E-state index in [9.17, 15) is 21.0 Å². The second kappa shape index (κ2) is 23.9. The summed E-state index contributed by atoms with van der Waals surface area (Å²) in [6, 6.07) is 106. The first kappa shape index (κ1) is 62.4. The van der Waals surface area contributed by atoms with Gasteiger partial charge in [-0.1, -0.05) is 181 Å². The molecule has 0 amide bonds. The molecule has 5 heterocycles. The van der Waals surface area contributed by atoms with Crippen molar-refractivity contribution in [2.24, 2.45) is 0 Å². The van der Waals surface area contributed by atoms with E-state index in [1.54, 1.807) is 6.20 Å². The summed E-state index contributed by atoms with van der Waals surface area (Å²) in [5.74, 6) is 0. The van der Waals surface area contributed by atoms with Crippen LogP contribution in [0.4, 0.5) is 0 Å². The monoisotopic (exact) mass is 1330 g/mol. The van der Waals surface area contributed by atoms with Gasteiger partial charge in [-0.2, -0.15) is 21.0 Å². The van der Waals surface area contributed by atoms with Crippen LogP contribution in [0.1, 0.15) is 74.9 Å². The molecule has 0 saturated carbocycles. The standard InChI is InChI=1S/C95H65N9/c1-94(2,3)63-38-45-84-75(51-63)76-52-64(95(4,5)6)39-46-85(76)101(84)65-40-36-61(37-41-65)89-90(62-20-19-47-100-57-62)91(69-24-10-16-30-81(69)102-78-27-13-7-21-66(78)72-48-58(53-96)33-42-86(72)102)77(56-99)92(70-25-11-17-31-82(70)103-79-28-14-8-22-67(79)73-49-59(54-97)34-43-87(73)103)93(89)71-26-12-18-32-83(71)104-80-29-15-9-23-68(80)74-50-60(55-98)35-44-88(74)104/h7-52,57H,1-6H3. The number of pyridine rings is 1. The highest BCUT2D eigenvalue weighted by atomic mass is 15.0. The normalized spacial score (nSPS) is 11.9. The first-order chi connectivity index (χ1) is 50.7. The fraction of sp³-hybridized carbons (Fsp3) is 0.0842. The van der Waals surface area contributed by atoms with Crippen molar-refractivity contribution < 1.29 is 0 Å². The molecule has 0 aliphatic heterocycles. The summed E-state index contributed by atoms with van der Waals surface area (Å²) in [6.45, 7) is 13.7. The van der Waals surface area contributed by atoms with Crippen LogP contribution in [0.25, 0.3) is 166 Å². The quantitative estimate of drug-likeness (QED) is 0.142. The van der Waals surface area contributed by atoms with E-state index in [2.05, 4.69) is 284 Å². The summed E-state index contributed by atoms with van der Waals surface area (Å²) in [7, 11) is 0. The lowest BCUT2D eigenvalue weighted by atomic mass is 9.75. The minimum Gasteiger partial charge on any atom is -0.309 e. The topological polar surface area (TPSA) is 128 Å². The average Bonchev–Trinajstić information content (AvgIpc) is 0.878. The van der Waals surface area contributed by atoms with Gasteiger partial charge < -0.3 is 18.3 Å². The van der Waals surface area contributed by atoms with E-state index in [0.717, 1.165) is 144 Å². The molecule has 0 atom stereocenters. The van der Waals surface area contributed by atoms with Crippen molar-refractivity contribution in [2.75, 3.05) is 0 Å². The fourth-order valence-corrected chi connectivity index (χ4v) is 16.3. The van der Waals surface area contributed by atoms with Crippen LogP contribution in [-0.4, -0.2) is 23.3 Å². The Bertz CT molecular complexity index is 6780. The van der Waals surface area contributed by atoms with Crippen molar-refractivity contribution in [1.82, 2.24) is 23.3 Å². The molecule has 18 rings (SSSR count). The van der Waals surface area contributed by atoms with E-state index in [-0.39, 0.29) is 10.8 Å². The summed E-state index contributed by atoms with van der Waals surface area (Å²) in [4.78, 5) is 4.98. The van der Waals surface area contributed by atoms with Crippen molar-refractivity contribution in [3.05, 3.63) is 319 Å². The number of benzene rings is 13. The number of fused-ring (bicyclic) bond motifs is 12. The molecule has 9 nitrogen and oxygen atoms in total. The summed E-state index contributed by atoms with van der Waals surface area (Å²) in [5, 5.41) is 52.7. The van der Waals surface area contributed by atoms with Crippen LogP contribution in [0.15, 0.2) is 285 Å². The molecule has 0 saturated heterocycles. The van der Waals surface area contributed by atoms with E-state index in [1.165, 1.54) is 21.9 Å². The fourth-order valence-electron chi connectivity index (χ4n) is 16.3. The van der Waals surface area contributed by atoms with Gasteiger partial charge in [0.15, 0.2) is 0 Å². The number of nitriles is 4. The molecule has 13 aromatic carbocycles. The third kappa shape index (κ3) is 9.67. The zero-order chi connectivity index (χ0) is 70.9. The first-order valence-electron chi connectivity index (χ1n) is 35.1. The Morgan fingerprint density at radius 1 is 0.279 bits per heavy atom. The van der Waals surface area contributed by atoms with E-state index in [0.29, 0.717) is 33.4 Å². The van der Waals surface area contributed by atoms with Gasteiger partial charge in [-0.15, -0.1) is 0 Å². The maximum atomic E-state index is 13.2. The van der Waals surface area contributed by atoms with E-state index < -0.39 is 0 Å². The van der Waals surface area contributed by atoms with Crippen LogP contribution in [0.5, 0.6) is 0 Å². The summed E-state index contributed by atoms with van der Waals surface area (Å²) in [5.41, 5.74) is 23.5. The van der Waals surface area contributed by atoms with Crippen LogP contribution >= 0.6 is 0 Å². The highest BCUT2D eigenvalue weighted by molar-refractivity contribution is 6.18. The second-order valence-corrected chi connectivity index (χ2v) is 29.1. The smallest absolute Gasteiger partial charge is 0.100 e. The van der Waals surface area contributed by atoms with Crippen molar-refractivity contribution in [3.8, 4) is 103 Å².